The van der Waals surface area contributed by atoms with E-state index in [9.17, 15) is 4.39 Å². The minimum atomic E-state index is -0.187. The summed E-state index contributed by atoms with van der Waals surface area (Å²) >= 11 is 0. The molecule has 2 nitrogen and oxygen atoms in total. The molecule has 0 bridgehead atoms. The summed E-state index contributed by atoms with van der Waals surface area (Å²) in [5, 5.41) is 3.45. The lowest BCUT2D eigenvalue weighted by molar-refractivity contribution is 0.617. The molecule has 3 rings (SSSR count). The SMILES string of the molecule is Fc1cccc(Cn2cccc2CNCc2ccccc2)c1. The second-order valence-corrected chi connectivity index (χ2v) is 5.35. The van der Waals surface area contributed by atoms with E-state index in [1.165, 1.54) is 17.3 Å². The molecular formula is C19H19FN2. The fourth-order valence-electron chi connectivity index (χ4n) is 2.53. The van der Waals surface area contributed by atoms with Gasteiger partial charge in [-0.15, -0.1) is 0 Å². The van der Waals surface area contributed by atoms with Crippen molar-refractivity contribution in [2.75, 3.05) is 0 Å². The first-order valence-corrected chi connectivity index (χ1v) is 7.44. The van der Waals surface area contributed by atoms with Crippen LogP contribution in [-0.2, 0) is 19.6 Å². The molecule has 0 radical (unpaired) electrons. The van der Waals surface area contributed by atoms with Gasteiger partial charge in [0.1, 0.15) is 5.82 Å². The van der Waals surface area contributed by atoms with Gasteiger partial charge in [-0.3, -0.25) is 0 Å². The lowest BCUT2D eigenvalue weighted by atomic mass is 10.2. The smallest absolute Gasteiger partial charge is 0.123 e. The van der Waals surface area contributed by atoms with Gasteiger partial charge in [-0.2, -0.15) is 0 Å². The van der Waals surface area contributed by atoms with Crippen molar-refractivity contribution in [1.82, 2.24) is 9.88 Å². The summed E-state index contributed by atoms with van der Waals surface area (Å²) in [5.74, 6) is -0.187. The van der Waals surface area contributed by atoms with Crippen LogP contribution in [-0.4, -0.2) is 4.57 Å². The Morgan fingerprint density at radius 3 is 2.45 bits per heavy atom. The van der Waals surface area contributed by atoms with Crippen LogP contribution in [0, 0.1) is 5.82 Å². The van der Waals surface area contributed by atoms with Crippen LogP contribution >= 0.6 is 0 Å². The normalized spacial score (nSPS) is 10.8. The number of halogens is 1. The van der Waals surface area contributed by atoms with Crippen molar-refractivity contribution in [2.24, 2.45) is 0 Å². The number of nitrogens with one attached hydrogen (secondary N) is 1. The van der Waals surface area contributed by atoms with Crippen LogP contribution in [0.1, 0.15) is 16.8 Å². The zero-order chi connectivity index (χ0) is 15.2. The lowest BCUT2D eigenvalue weighted by Crippen LogP contribution is -2.16. The maximum atomic E-state index is 13.3. The second kappa shape index (κ2) is 7.05. The summed E-state index contributed by atoms with van der Waals surface area (Å²) in [4.78, 5) is 0. The molecule has 0 atom stereocenters. The Morgan fingerprint density at radius 2 is 1.64 bits per heavy atom. The van der Waals surface area contributed by atoms with Crippen LogP contribution < -0.4 is 5.32 Å². The quantitative estimate of drug-likeness (QED) is 0.728. The third-order valence-electron chi connectivity index (χ3n) is 3.64. The maximum Gasteiger partial charge on any atom is 0.123 e. The van der Waals surface area contributed by atoms with E-state index in [2.05, 4.69) is 28.1 Å². The Kier molecular flexibility index (Phi) is 4.66. The lowest BCUT2D eigenvalue weighted by Gasteiger charge is -2.11. The Hall–Kier alpha value is -2.39. The summed E-state index contributed by atoms with van der Waals surface area (Å²) in [6, 6.07) is 21.2. The Labute approximate surface area is 130 Å². The average molecular weight is 294 g/mol. The summed E-state index contributed by atoms with van der Waals surface area (Å²) in [6.45, 7) is 2.32. The molecule has 3 heteroatoms. The van der Waals surface area contributed by atoms with Crippen LogP contribution in [0.15, 0.2) is 72.9 Å². The highest BCUT2D eigenvalue weighted by Gasteiger charge is 2.03. The fourth-order valence-corrected chi connectivity index (χ4v) is 2.53. The predicted octanol–water partition coefficient (Wildman–Crippen LogP) is 3.97. The Morgan fingerprint density at radius 1 is 0.818 bits per heavy atom. The van der Waals surface area contributed by atoms with Gasteiger partial charge in [0.25, 0.3) is 0 Å². The molecule has 0 spiro atoms. The van der Waals surface area contributed by atoms with Crippen molar-refractivity contribution in [1.29, 1.82) is 0 Å². The molecule has 1 heterocycles. The molecule has 0 aliphatic rings. The van der Waals surface area contributed by atoms with Gasteiger partial charge in [0, 0.05) is 31.5 Å². The molecule has 1 N–H and O–H groups in total. The number of rotatable bonds is 6. The number of benzene rings is 2. The topological polar surface area (TPSA) is 17.0 Å². The summed E-state index contributed by atoms with van der Waals surface area (Å²) in [5.41, 5.74) is 3.44. The summed E-state index contributed by atoms with van der Waals surface area (Å²) in [7, 11) is 0. The van der Waals surface area contributed by atoms with Crippen LogP contribution in [0.4, 0.5) is 4.39 Å². The minimum absolute atomic E-state index is 0.187. The van der Waals surface area contributed by atoms with E-state index in [1.54, 1.807) is 12.1 Å². The average Bonchev–Trinajstić information content (AvgIpc) is 2.96. The first kappa shape index (κ1) is 14.5. The van der Waals surface area contributed by atoms with Gasteiger partial charge in [-0.1, -0.05) is 42.5 Å². The number of aromatic nitrogens is 1. The molecule has 0 unspecified atom stereocenters. The molecule has 112 valence electrons. The van der Waals surface area contributed by atoms with Crippen LogP contribution in [0.25, 0.3) is 0 Å². The van der Waals surface area contributed by atoms with E-state index in [0.29, 0.717) is 6.54 Å². The van der Waals surface area contributed by atoms with E-state index in [1.807, 2.05) is 36.5 Å². The zero-order valence-electron chi connectivity index (χ0n) is 12.4. The minimum Gasteiger partial charge on any atom is -0.346 e. The van der Waals surface area contributed by atoms with Crippen molar-refractivity contribution >= 4 is 0 Å². The highest BCUT2D eigenvalue weighted by molar-refractivity contribution is 5.19. The molecule has 0 aliphatic heterocycles. The molecule has 0 saturated heterocycles. The van der Waals surface area contributed by atoms with E-state index < -0.39 is 0 Å². The molecule has 0 aliphatic carbocycles. The molecular weight excluding hydrogens is 275 g/mol. The number of nitrogens with zero attached hydrogens (tertiary/aromatic N) is 1. The third kappa shape index (κ3) is 3.83. The molecule has 1 aromatic heterocycles. The van der Waals surface area contributed by atoms with Gasteiger partial charge in [0.05, 0.1) is 0 Å². The Bertz CT molecular complexity index is 719. The maximum absolute atomic E-state index is 13.3. The molecule has 2 aromatic carbocycles. The standard InChI is InChI=1S/C19H19FN2/c20-18-9-4-8-17(12-18)15-22-11-5-10-19(22)14-21-13-16-6-2-1-3-7-16/h1-12,21H,13-15H2. The first-order valence-electron chi connectivity index (χ1n) is 7.44. The van der Waals surface area contributed by atoms with Crippen molar-refractivity contribution < 1.29 is 4.39 Å². The van der Waals surface area contributed by atoms with Crippen molar-refractivity contribution in [3.63, 3.8) is 0 Å². The van der Waals surface area contributed by atoms with Gasteiger partial charge < -0.3 is 9.88 Å². The number of hydrogen-bond donors (Lipinski definition) is 1. The molecule has 3 aromatic rings. The van der Waals surface area contributed by atoms with E-state index in [0.717, 1.165) is 18.7 Å². The van der Waals surface area contributed by atoms with Crippen LogP contribution in [0.5, 0.6) is 0 Å². The highest BCUT2D eigenvalue weighted by Crippen LogP contribution is 2.10. The van der Waals surface area contributed by atoms with Crippen LogP contribution in [0.3, 0.4) is 0 Å². The zero-order valence-corrected chi connectivity index (χ0v) is 12.4. The number of hydrogen-bond acceptors (Lipinski definition) is 1. The highest BCUT2D eigenvalue weighted by atomic mass is 19.1. The van der Waals surface area contributed by atoms with Gasteiger partial charge >= 0.3 is 0 Å². The second-order valence-electron chi connectivity index (χ2n) is 5.35. The summed E-state index contributed by atoms with van der Waals surface area (Å²) in [6.07, 6.45) is 2.03. The van der Waals surface area contributed by atoms with E-state index in [4.69, 9.17) is 0 Å². The summed E-state index contributed by atoms with van der Waals surface area (Å²) < 4.78 is 15.4. The fraction of sp³-hybridized carbons (Fsp3) is 0.158. The molecule has 0 amide bonds. The first-order chi connectivity index (χ1) is 10.8. The monoisotopic (exact) mass is 294 g/mol. The van der Waals surface area contributed by atoms with Gasteiger partial charge in [-0.25, -0.2) is 4.39 Å². The van der Waals surface area contributed by atoms with Gasteiger partial charge in [-0.05, 0) is 35.4 Å². The van der Waals surface area contributed by atoms with Gasteiger partial charge in [0.15, 0.2) is 0 Å². The van der Waals surface area contributed by atoms with E-state index in [-0.39, 0.29) is 5.82 Å². The van der Waals surface area contributed by atoms with E-state index >= 15 is 0 Å². The van der Waals surface area contributed by atoms with Gasteiger partial charge in [0.2, 0.25) is 0 Å². The molecule has 22 heavy (non-hydrogen) atoms. The largest absolute Gasteiger partial charge is 0.346 e. The van der Waals surface area contributed by atoms with Crippen molar-refractivity contribution in [2.45, 2.75) is 19.6 Å². The molecule has 0 fully saturated rings. The van der Waals surface area contributed by atoms with Crippen molar-refractivity contribution in [3.05, 3.63) is 95.6 Å². The Balaban J connectivity index is 1.60. The predicted molar refractivity (Wildman–Crippen MR) is 86.9 cm³/mol. The third-order valence-corrected chi connectivity index (χ3v) is 3.64. The van der Waals surface area contributed by atoms with Crippen LogP contribution in [0.2, 0.25) is 0 Å². The molecule has 0 saturated carbocycles. The van der Waals surface area contributed by atoms with Crippen molar-refractivity contribution in [3.8, 4) is 0 Å².